The van der Waals surface area contributed by atoms with Crippen LogP contribution in [0.15, 0.2) is 4.52 Å². The zero-order valence-electron chi connectivity index (χ0n) is 12.8. The third-order valence-electron chi connectivity index (χ3n) is 4.02. The van der Waals surface area contributed by atoms with Crippen molar-refractivity contribution < 1.29 is 9.32 Å². The van der Waals surface area contributed by atoms with E-state index >= 15 is 0 Å². The maximum atomic E-state index is 12.0. The monoisotopic (exact) mass is 280 g/mol. The van der Waals surface area contributed by atoms with Crippen LogP contribution in [0.2, 0.25) is 0 Å². The number of nitrogens with zero attached hydrogens (tertiary/aromatic N) is 4. The van der Waals surface area contributed by atoms with E-state index in [1.807, 2.05) is 21.0 Å². The Morgan fingerprint density at radius 1 is 1.45 bits per heavy atom. The van der Waals surface area contributed by atoms with Gasteiger partial charge in [-0.05, 0) is 32.9 Å². The molecule has 1 atom stereocenters. The van der Waals surface area contributed by atoms with Gasteiger partial charge in [-0.1, -0.05) is 12.1 Å². The minimum atomic E-state index is 0.123. The molecule has 0 bridgehead atoms. The lowest BCUT2D eigenvalue weighted by Crippen LogP contribution is -2.41. The van der Waals surface area contributed by atoms with Crippen molar-refractivity contribution in [1.29, 1.82) is 0 Å². The van der Waals surface area contributed by atoms with Gasteiger partial charge < -0.3 is 9.42 Å². The van der Waals surface area contributed by atoms with E-state index < -0.39 is 0 Å². The molecule has 1 amide bonds. The largest absolute Gasteiger partial charge is 0.349 e. The summed E-state index contributed by atoms with van der Waals surface area (Å²) in [7, 11) is 3.64. The van der Waals surface area contributed by atoms with Crippen molar-refractivity contribution >= 4 is 5.91 Å². The molecule has 0 aliphatic carbocycles. The molecule has 0 saturated carbocycles. The van der Waals surface area contributed by atoms with E-state index in [0.717, 1.165) is 38.2 Å². The normalized spacial score (nSPS) is 19.0. The van der Waals surface area contributed by atoms with Crippen molar-refractivity contribution in [3.8, 4) is 0 Å². The van der Waals surface area contributed by atoms with Gasteiger partial charge in [0, 0.05) is 26.4 Å². The summed E-state index contributed by atoms with van der Waals surface area (Å²) in [6, 6.07) is 0.123. The predicted octanol–water partition coefficient (Wildman–Crippen LogP) is 1.49. The highest BCUT2D eigenvalue weighted by Crippen LogP contribution is 2.26. The van der Waals surface area contributed by atoms with E-state index in [4.69, 9.17) is 4.52 Å². The molecule has 0 aromatic carbocycles. The van der Waals surface area contributed by atoms with Crippen molar-refractivity contribution in [2.75, 3.05) is 27.2 Å². The minimum absolute atomic E-state index is 0.123. The van der Waals surface area contributed by atoms with E-state index in [-0.39, 0.29) is 17.9 Å². The fourth-order valence-electron chi connectivity index (χ4n) is 2.64. The average molecular weight is 280 g/mol. The molecule has 1 aromatic rings. The number of likely N-dealkylation sites (tertiary alicyclic amines) is 1. The van der Waals surface area contributed by atoms with Crippen LogP contribution in [0.3, 0.4) is 0 Å². The Balaban J connectivity index is 1.91. The van der Waals surface area contributed by atoms with Gasteiger partial charge in [0.2, 0.25) is 11.8 Å². The number of aromatic nitrogens is 2. The standard InChI is InChI=1S/C14H24N4O2/c1-5-12-15-13(20-16-12)10(2)18-8-6-11(7-9-18)14(19)17(3)4/h10-11H,5-9H2,1-4H3. The quantitative estimate of drug-likeness (QED) is 0.836. The number of piperidine rings is 1. The highest BCUT2D eigenvalue weighted by molar-refractivity contribution is 5.78. The second kappa shape index (κ2) is 6.35. The molecule has 1 unspecified atom stereocenters. The van der Waals surface area contributed by atoms with E-state index in [1.165, 1.54) is 0 Å². The first-order valence-corrected chi connectivity index (χ1v) is 7.30. The zero-order chi connectivity index (χ0) is 14.7. The molecular formula is C14H24N4O2. The highest BCUT2D eigenvalue weighted by atomic mass is 16.5. The summed E-state index contributed by atoms with van der Waals surface area (Å²) >= 11 is 0. The first-order chi connectivity index (χ1) is 9.52. The topological polar surface area (TPSA) is 62.5 Å². The molecule has 0 spiro atoms. The van der Waals surface area contributed by atoms with Gasteiger partial charge in [0.15, 0.2) is 5.82 Å². The fraction of sp³-hybridized carbons (Fsp3) is 0.786. The van der Waals surface area contributed by atoms with E-state index in [1.54, 1.807) is 4.90 Å². The molecule has 1 aromatic heterocycles. The number of aryl methyl sites for hydroxylation is 1. The van der Waals surface area contributed by atoms with Crippen LogP contribution in [-0.2, 0) is 11.2 Å². The molecule has 20 heavy (non-hydrogen) atoms. The summed E-state index contributed by atoms with van der Waals surface area (Å²) in [6.45, 7) is 5.89. The number of carbonyl (C=O) groups excluding carboxylic acids is 1. The molecule has 1 aliphatic rings. The smallest absolute Gasteiger partial charge is 0.243 e. The zero-order valence-corrected chi connectivity index (χ0v) is 12.8. The second-order valence-corrected chi connectivity index (χ2v) is 5.62. The van der Waals surface area contributed by atoms with Gasteiger partial charge in [-0.15, -0.1) is 0 Å². The molecule has 2 heterocycles. The summed E-state index contributed by atoms with van der Waals surface area (Å²) in [5.74, 6) is 1.83. The van der Waals surface area contributed by atoms with Gasteiger partial charge in [-0.25, -0.2) is 0 Å². The molecule has 6 nitrogen and oxygen atoms in total. The van der Waals surface area contributed by atoms with E-state index in [9.17, 15) is 4.79 Å². The molecule has 1 fully saturated rings. The van der Waals surface area contributed by atoms with Crippen molar-refractivity contribution in [2.24, 2.45) is 5.92 Å². The number of amides is 1. The summed E-state index contributed by atoms with van der Waals surface area (Å²) in [5, 5.41) is 3.94. The molecule has 112 valence electrons. The van der Waals surface area contributed by atoms with Crippen molar-refractivity contribution in [3.05, 3.63) is 11.7 Å². The summed E-state index contributed by atoms with van der Waals surface area (Å²) < 4.78 is 5.31. The molecule has 1 aliphatic heterocycles. The lowest BCUT2D eigenvalue weighted by Gasteiger charge is -2.34. The second-order valence-electron chi connectivity index (χ2n) is 5.62. The first kappa shape index (κ1) is 15.0. The van der Waals surface area contributed by atoms with Crippen LogP contribution in [0.4, 0.5) is 0 Å². The molecule has 2 rings (SSSR count). The predicted molar refractivity (Wildman–Crippen MR) is 75.1 cm³/mol. The third kappa shape index (κ3) is 3.17. The first-order valence-electron chi connectivity index (χ1n) is 7.30. The number of rotatable bonds is 4. The van der Waals surface area contributed by atoms with Gasteiger partial charge in [0.05, 0.1) is 6.04 Å². The Kier molecular flexibility index (Phi) is 4.75. The van der Waals surface area contributed by atoms with Crippen molar-refractivity contribution in [3.63, 3.8) is 0 Å². The molecular weight excluding hydrogens is 256 g/mol. The van der Waals surface area contributed by atoms with Crippen LogP contribution in [0.25, 0.3) is 0 Å². The van der Waals surface area contributed by atoms with Gasteiger partial charge in [0.1, 0.15) is 0 Å². The Hall–Kier alpha value is -1.43. The maximum Gasteiger partial charge on any atom is 0.243 e. The summed E-state index contributed by atoms with van der Waals surface area (Å²) in [6.07, 6.45) is 2.59. The number of carbonyl (C=O) groups is 1. The molecule has 0 N–H and O–H groups in total. The van der Waals surface area contributed by atoms with Gasteiger partial charge >= 0.3 is 0 Å². The number of hydrogen-bond donors (Lipinski definition) is 0. The van der Waals surface area contributed by atoms with Crippen molar-refractivity contribution in [2.45, 2.75) is 39.2 Å². The van der Waals surface area contributed by atoms with Crippen LogP contribution in [-0.4, -0.2) is 53.0 Å². The fourth-order valence-corrected chi connectivity index (χ4v) is 2.64. The van der Waals surface area contributed by atoms with Gasteiger partial charge in [-0.3, -0.25) is 9.69 Å². The lowest BCUT2D eigenvalue weighted by molar-refractivity contribution is -0.134. The van der Waals surface area contributed by atoms with E-state index in [2.05, 4.69) is 22.0 Å². The molecule has 1 saturated heterocycles. The SMILES string of the molecule is CCc1noc(C(C)N2CCC(C(=O)N(C)C)CC2)n1. The third-order valence-corrected chi connectivity index (χ3v) is 4.02. The Labute approximate surface area is 120 Å². The van der Waals surface area contributed by atoms with Crippen LogP contribution in [0.5, 0.6) is 0 Å². The average Bonchev–Trinajstić information content (AvgIpc) is 2.94. The maximum absolute atomic E-state index is 12.0. The van der Waals surface area contributed by atoms with Crippen molar-refractivity contribution in [1.82, 2.24) is 19.9 Å². The minimum Gasteiger partial charge on any atom is -0.349 e. The highest BCUT2D eigenvalue weighted by Gasteiger charge is 2.30. The van der Waals surface area contributed by atoms with Crippen LogP contribution < -0.4 is 0 Å². The molecule has 0 radical (unpaired) electrons. The summed E-state index contributed by atoms with van der Waals surface area (Å²) in [5.41, 5.74) is 0. The Bertz CT molecular complexity index is 450. The van der Waals surface area contributed by atoms with Crippen LogP contribution in [0.1, 0.15) is 44.4 Å². The Morgan fingerprint density at radius 2 is 2.10 bits per heavy atom. The summed E-state index contributed by atoms with van der Waals surface area (Å²) in [4.78, 5) is 20.3. The Morgan fingerprint density at radius 3 is 2.60 bits per heavy atom. The van der Waals surface area contributed by atoms with Crippen LogP contribution in [0, 0.1) is 5.92 Å². The van der Waals surface area contributed by atoms with Crippen LogP contribution >= 0.6 is 0 Å². The van der Waals surface area contributed by atoms with E-state index in [0.29, 0.717) is 5.89 Å². The van der Waals surface area contributed by atoms with Gasteiger partial charge in [-0.2, -0.15) is 4.98 Å². The number of hydrogen-bond acceptors (Lipinski definition) is 5. The molecule has 6 heteroatoms. The van der Waals surface area contributed by atoms with Gasteiger partial charge in [0.25, 0.3) is 0 Å². The lowest BCUT2D eigenvalue weighted by atomic mass is 9.94.